The molecule has 13 heteroatoms. The molecule has 0 saturated carbocycles. The second kappa shape index (κ2) is 14.0. The zero-order chi connectivity index (χ0) is 30.3. The summed E-state index contributed by atoms with van der Waals surface area (Å²) < 4.78 is 11.2. The van der Waals surface area contributed by atoms with Gasteiger partial charge in [0.1, 0.15) is 0 Å². The summed E-state index contributed by atoms with van der Waals surface area (Å²) in [5, 5.41) is 5.70. The highest BCUT2D eigenvalue weighted by molar-refractivity contribution is 6.00. The summed E-state index contributed by atoms with van der Waals surface area (Å²) in [5.41, 5.74) is 2.65. The summed E-state index contributed by atoms with van der Waals surface area (Å²) in [5.74, 6) is 1.86. The smallest absolute Gasteiger partial charge is 0.323 e. The maximum atomic E-state index is 12.8. The molecule has 0 aliphatic carbocycles. The molecule has 0 bridgehead atoms. The summed E-state index contributed by atoms with van der Waals surface area (Å²) in [4.78, 5) is 48.3. The first-order valence-electron chi connectivity index (χ1n) is 15.2. The molecule has 0 unspecified atom stereocenters. The van der Waals surface area contributed by atoms with Gasteiger partial charge < -0.3 is 39.7 Å². The molecule has 0 radical (unpaired) electrons. The number of morpholine rings is 1. The molecule has 3 aliphatic rings. The second-order valence-electron chi connectivity index (χ2n) is 11.1. The third-order valence-corrected chi connectivity index (χ3v) is 7.99. The van der Waals surface area contributed by atoms with Gasteiger partial charge in [0.2, 0.25) is 11.9 Å². The van der Waals surface area contributed by atoms with Crippen LogP contribution in [0.5, 0.6) is 0 Å². The zero-order valence-electron chi connectivity index (χ0n) is 25.1. The Hall–Kier alpha value is -4.33. The number of ether oxygens (including phenoxy) is 2. The highest BCUT2D eigenvalue weighted by atomic mass is 16.5. The highest BCUT2D eigenvalue weighted by Gasteiger charge is 2.22. The summed E-state index contributed by atoms with van der Waals surface area (Å²) in [6, 6.07) is 14.0. The van der Waals surface area contributed by atoms with Gasteiger partial charge in [-0.15, -0.1) is 0 Å². The number of hydrogen-bond donors (Lipinski definition) is 2. The van der Waals surface area contributed by atoms with Crippen LogP contribution in [0.25, 0.3) is 11.4 Å². The number of rotatable bonds is 6. The van der Waals surface area contributed by atoms with Gasteiger partial charge in [-0.3, -0.25) is 4.79 Å². The van der Waals surface area contributed by atoms with Crippen LogP contribution in [-0.4, -0.2) is 123 Å². The van der Waals surface area contributed by atoms with Crippen molar-refractivity contribution in [2.45, 2.75) is 6.42 Å². The lowest BCUT2D eigenvalue weighted by atomic mass is 10.1. The molecular formula is C31H39N9O4. The van der Waals surface area contributed by atoms with E-state index in [4.69, 9.17) is 24.4 Å². The minimum absolute atomic E-state index is 0.0111. The van der Waals surface area contributed by atoms with Gasteiger partial charge in [0.15, 0.2) is 5.82 Å². The zero-order valence-corrected chi connectivity index (χ0v) is 25.1. The second-order valence-corrected chi connectivity index (χ2v) is 11.1. The first-order valence-corrected chi connectivity index (χ1v) is 15.2. The number of nitrogens with zero attached hydrogens (tertiary/aromatic N) is 7. The Balaban J connectivity index is 1.10. The van der Waals surface area contributed by atoms with E-state index in [1.807, 2.05) is 29.2 Å². The van der Waals surface area contributed by atoms with Crippen LogP contribution in [0, 0.1) is 0 Å². The number of amides is 3. The van der Waals surface area contributed by atoms with E-state index < -0.39 is 0 Å². The number of likely N-dealkylation sites (N-methyl/N-ethyl adjacent to an activating group) is 1. The topological polar surface area (TPSA) is 128 Å². The minimum Gasteiger partial charge on any atom is -0.380 e. The fourth-order valence-corrected chi connectivity index (χ4v) is 5.36. The van der Waals surface area contributed by atoms with Crippen molar-refractivity contribution in [1.82, 2.24) is 24.8 Å². The molecule has 3 amide bonds. The lowest BCUT2D eigenvalue weighted by Gasteiger charge is -2.32. The number of anilines is 4. The molecule has 232 valence electrons. The first-order chi connectivity index (χ1) is 21.5. The number of benzene rings is 2. The quantitative estimate of drug-likeness (QED) is 0.435. The third kappa shape index (κ3) is 7.41. The van der Waals surface area contributed by atoms with Crippen LogP contribution in [-0.2, 0) is 9.47 Å². The number of carbonyl (C=O) groups excluding carboxylic acids is 2. The Morgan fingerprint density at radius 1 is 0.659 bits per heavy atom. The van der Waals surface area contributed by atoms with E-state index in [1.54, 1.807) is 24.3 Å². The molecule has 2 N–H and O–H groups in total. The molecule has 13 nitrogen and oxygen atoms in total. The van der Waals surface area contributed by atoms with Crippen LogP contribution >= 0.6 is 0 Å². The molecule has 1 aromatic heterocycles. The molecule has 3 fully saturated rings. The largest absolute Gasteiger partial charge is 0.380 e. The third-order valence-electron chi connectivity index (χ3n) is 7.99. The summed E-state index contributed by atoms with van der Waals surface area (Å²) in [7, 11) is 2.06. The SMILES string of the molecule is CN1CCN(C(=O)c2ccc(NC(=O)Nc3ccc(-c4nc(N5CCCOCC5)nc(N5CCOCC5)n4)cc3)cc2)CC1. The molecule has 0 atom stereocenters. The van der Waals surface area contributed by atoms with Gasteiger partial charge in [-0.25, -0.2) is 4.79 Å². The normalized spacial score (nSPS) is 18.1. The average molecular weight is 602 g/mol. The van der Waals surface area contributed by atoms with Crippen LogP contribution in [0.15, 0.2) is 48.5 Å². The summed E-state index contributed by atoms with van der Waals surface area (Å²) >= 11 is 0. The minimum atomic E-state index is -0.378. The number of carbonyl (C=O) groups is 2. The molecule has 3 aromatic rings. The first kappa shape index (κ1) is 29.7. The number of piperazine rings is 1. The molecule has 44 heavy (non-hydrogen) atoms. The number of aromatic nitrogens is 3. The standard InChI is InChI=1S/C31H39N9O4/c1-37-12-14-38(15-13-37)28(41)24-5-9-26(10-6-24)33-31(42)32-25-7-3-23(4-8-25)27-34-29(39-11-2-19-43-20-16-39)36-30(35-27)40-17-21-44-22-18-40/h3-10H,2,11-22H2,1H3,(H2,32,33,42). The van der Waals surface area contributed by atoms with Gasteiger partial charge in [-0.1, -0.05) is 0 Å². The summed E-state index contributed by atoms with van der Waals surface area (Å²) in [6.45, 7) is 8.79. The van der Waals surface area contributed by atoms with Crippen LogP contribution in [0.3, 0.4) is 0 Å². The van der Waals surface area contributed by atoms with E-state index in [9.17, 15) is 9.59 Å². The van der Waals surface area contributed by atoms with Crippen LogP contribution < -0.4 is 20.4 Å². The Morgan fingerprint density at radius 2 is 1.20 bits per heavy atom. The van der Waals surface area contributed by atoms with E-state index >= 15 is 0 Å². The number of urea groups is 1. The molecule has 3 aliphatic heterocycles. The number of nitrogens with one attached hydrogen (secondary N) is 2. The van der Waals surface area contributed by atoms with Crippen molar-refractivity contribution in [2.75, 3.05) is 106 Å². The van der Waals surface area contributed by atoms with E-state index in [0.29, 0.717) is 67.6 Å². The van der Waals surface area contributed by atoms with Gasteiger partial charge in [-0.2, -0.15) is 15.0 Å². The van der Waals surface area contributed by atoms with Crippen molar-refractivity contribution < 1.29 is 19.1 Å². The maximum Gasteiger partial charge on any atom is 0.323 e. The van der Waals surface area contributed by atoms with E-state index in [0.717, 1.165) is 57.9 Å². The van der Waals surface area contributed by atoms with Crippen molar-refractivity contribution in [1.29, 1.82) is 0 Å². The molecular weight excluding hydrogens is 562 g/mol. The van der Waals surface area contributed by atoms with Crippen molar-refractivity contribution in [2.24, 2.45) is 0 Å². The van der Waals surface area contributed by atoms with Crippen LogP contribution in [0.2, 0.25) is 0 Å². The van der Waals surface area contributed by atoms with Crippen molar-refractivity contribution in [3.05, 3.63) is 54.1 Å². The van der Waals surface area contributed by atoms with Crippen molar-refractivity contribution >= 4 is 35.2 Å². The lowest BCUT2D eigenvalue weighted by Crippen LogP contribution is -2.47. The van der Waals surface area contributed by atoms with Crippen LogP contribution in [0.4, 0.5) is 28.1 Å². The Bertz CT molecular complexity index is 1420. The maximum absolute atomic E-state index is 12.8. The van der Waals surface area contributed by atoms with Crippen LogP contribution in [0.1, 0.15) is 16.8 Å². The Kier molecular flexibility index (Phi) is 9.44. The van der Waals surface area contributed by atoms with Gasteiger partial charge in [0, 0.05) is 81.5 Å². The predicted molar refractivity (Wildman–Crippen MR) is 168 cm³/mol. The lowest BCUT2D eigenvalue weighted by molar-refractivity contribution is 0.0664. The molecule has 0 spiro atoms. The fourth-order valence-electron chi connectivity index (χ4n) is 5.36. The van der Waals surface area contributed by atoms with E-state index in [1.165, 1.54) is 0 Å². The fraction of sp³-hybridized carbons (Fsp3) is 0.452. The highest BCUT2D eigenvalue weighted by Crippen LogP contribution is 2.24. The van der Waals surface area contributed by atoms with Gasteiger partial charge in [-0.05, 0) is 62.0 Å². The van der Waals surface area contributed by atoms with Crippen molar-refractivity contribution in [3.8, 4) is 11.4 Å². The number of hydrogen-bond acceptors (Lipinski definition) is 10. The van der Waals surface area contributed by atoms with Gasteiger partial charge >= 0.3 is 6.03 Å². The average Bonchev–Trinajstić information content (AvgIpc) is 3.36. The summed E-state index contributed by atoms with van der Waals surface area (Å²) in [6.07, 6.45) is 0.912. The molecule has 2 aromatic carbocycles. The molecule has 4 heterocycles. The van der Waals surface area contributed by atoms with Gasteiger partial charge in [0.05, 0.1) is 19.8 Å². The Morgan fingerprint density at radius 3 is 1.82 bits per heavy atom. The Labute approximate surface area is 257 Å². The van der Waals surface area contributed by atoms with Gasteiger partial charge in [0.25, 0.3) is 5.91 Å². The van der Waals surface area contributed by atoms with E-state index in [2.05, 4.69) is 32.4 Å². The molecule has 6 rings (SSSR count). The molecule has 3 saturated heterocycles. The van der Waals surface area contributed by atoms with E-state index in [-0.39, 0.29) is 11.9 Å². The van der Waals surface area contributed by atoms with Crippen molar-refractivity contribution in [3.63, 3.8) is 0 Å². The predicted octanol–water partition coefficient (Wildman–Crippen LogP) is 2.63. The monoisotopic (exact) mass is 601 g/mol.